The summed E-state index contributed by atoms with van der Waals surface area (Å²) in [6.07, 6.45) is 27.5. The van der Waals surface area contributed by atoms with Gasteiger partial charge in [-0.2, -0.15) is 0 Å². The maximum absolute atomic E-state index is 12.0. The number of quaternary nitrogens is 1. The van der Waals surface area contributed by atoms with Crippen LogP contribution in [0.5, 0.6) is 0 Å². The summed E-state index contributed by atoms with van der Waals surface area (Å²) in [6.45, 7) is 9.07. The summed E-state index contributed by atoms with van der Waals surface area (Å²) in [4.78, 5) is 35.9. The standard InChI is InChI=1S/C36H67NO6/c1-5-9-10-11-12-13-14-15-16-17-18-19-20-21-22-23-24-25-26-27-37(28-31(6-2)34(38)39,29-32(7-3)35(40)41)30-33(8-4)36(42)43/h24-25,31-33H,5-23,26-30H2,1-4H3,(H2-,38,39,40,41,42,43)/p+1/b25-24+. The molecule has 0 amide bonds. The van der Waals surface area contributed by atoms with Crippen molar-refractivity contribution >= 4 is 17.9 Å². The van der Waals surface area contributed by atoms with Gasteiger partial charge < -0.3 is 19.8 Å². The summed E-state index contributed by atoms with van der Waals surface area (Å²) in [5.74, 6) is -4.62. The summed E-state index contributed by atoms with van der Waals surface area (Å²) < 4.78 is 0.212. The van der Waals surface area contributed by atoms with E-state index in [9.17, 15) is 29.7 Å². The third-order valence-electron chi connectivity index (χ3n) is 9.26. The molecular weight excluding hydrogens is 542 g/mol. The fraction of sp³-hybridized carbons (Fsp3) is 0.861. The van der Waals surface area contributed by atoms with E-state index in [0.717, 1.165) is 12.8 Å². The molecule has 0 aliphatic carbocycles. The Morgan fingerprint density at radius 2 is 0.791 bits per heavy atom. The van der Waals surface area contributed by atoms with Gasteiger partial charge in [0.05, 0.1) is 26.2 Å². The molecule has 0 rings (SSSR count). The quantitative estimate of drug-likeness (QED) is 0.0410. The largest absolute Gasteiger partial charge is 0.481 e. The van der Waals surface area contributed by atoms with Crippen molar-refractivity contribution in [1.82, 2.24) is 0 Å². The van der Waals surface area contributed by atoms with Crippen molar-refractivity contribution in [3.63, 3.8) is 0 Å². The van der Waals surface area contributed by atoms with Gasteiger partial charge in [-0.1, -0.05) is 130 Å². The molecule has 252 valence electrons. The van der Waals surface area contributed by atoms with Gasteiger partial charge in [-0.05, 0) is 32.1 Å². The smallest absolute Gasteiger partial charge is 0.312 e. The minimum atomic E-state index is -0.902. The van der Waals surface area contributed by atoms with Crippen molar-refractivity contribution in [3.8, 4) is 0 Å². The van der Waals surface area contributed by atoms with Crippen LogP contribution in [0.2, 0.25) is 0 Å². The molecule has 0 aromatic rings. The van der Waals surface area contributed by atoms with Gasteiger partial charge in [0.25, 0.3) is 0 Å². The zero-order chi connectivity index (χ0) is 32.3. The fourth-order valence-corrected chi connectivity index (χ4v) is 6.26. The van der Waals surface area contributed by atoms with E-state index >= 15 is 0 Å². The molecule has 0 aromatic heterocycles. The minimum Gasteiger partial charge on any atom is -0.481 e. The van der Waals surface area contributed by atoms with Crippen LogP contribution in [0.15, 0.2) is 12.2 Å². The number of carbonyl (C=O) groups is 3. The third kappa shape index (κ3) is 20.7. The maximum atomic E-state index is 12.0. The Balaban J connectivity index is 4.70. The SMILES string of the molecule is CCCCCCCCCCCCCCCCC/C=C/CC[N+](CC(CC)C(=O)O)(CC(CC)C(=O)O)CC(CC)C(=O)O. The number of unbranched alkanes of at least 4 members (excludes halogenated alkanes) is 15. The lowest BCUT2D eigenvalue weighted by molar-refractivity contribution is -0.934. The summed E-state index contributed by atoms with van der Waals surface area (Å²) in [5, 5.41) is 29.4. The van der Waals surface area contributed by atoms with Gasteiger partial charge >= 0.3 is 17.9 Å². The third-order valence-corrected chi connectivity index (χ3v) is 9.26. The van der Waals surface area contributed by atoms with Crippen LogP contribution in [0.4, 0.5) is 0 Å². The monoisotopic (exact) mass is 611 g/mol. The first-order valence-electron chi connectivity index (χ1n) is 17.8. The Kier molecular flexibility index (Phi) is 25.3. The molecule has 3 atom stereocenters. The molecule has 0 saturated heterocycles. The van der Waals surface area contributed by atoms with Crippen molar-refractivity contribution in [2.45, 2.75) is 156 Å². The van der Waals surface area contributed by atoms with E-state index in [4.69, 9.17) is 0 Å². The predicted octanol–water partition coefficient (Wildman–Crippen LogP) is 9.34. The lowest BCUT2D eigenvalue weighted by Gasteiger charge is -2.43. The van der Waals surface area contributed by atoms with Crippen LogP contribution in [0, 0.1) is 17.8 Å². The Labute approximate surface area is 264 Å². The van der Waals surface area contributed by atoms with E-state index in [1.807, 2.05) is 20.8 Å². The van der Waals surface area contributed by atoms with Crippen LogP contribution in [0.25, 0.3) is 0 Å². The Bertz CT molecular complexity index is 692. The van der Waals surface area contributed by atoms with Gasteiger partial charge in [0, 0.05) is 6.42 Å². The first kappa shape index (κ1) is 41.1. The number of rotatable bonds is 31. The van der Waals surface area contributed by atoms with E-state index in [2.05, 4.69) is 19.1 Å². The molecule has 43 heavy (non-hydrogen) atoms. The first-order chi connectivity index (χ1) is 20.7. The van der Waals surface area contributed by atoms with Crippen molar-refractivity contribution in [1.29, 1.82) is 0 Å². The molecule has 0 saturated carbocycles. The molecule has 0 bridgehead atoms. The summed E-state index contributed by atoms with van der Waals surface area (Å²) in [6, 6.07) is 0. The average Bonchev–Trinajstić information content (AvgIpc) is 2.98. The van der Waals surface area contributed by atoms with E-state index in [-0.39, 0.29) is 24.1 Å². The van der Waals surface area contributed by atoms with Gasteiger partial charge in [0.1, 0.15) is 17.8 Å². The molecule has 0 fully saturated rings. The minimum absolute atomic E-state index is 0.212. The molecule has 0 radical (unpaired) electrons. The van der Waals surface area contributed by atoms with Crippen LogP contribution < -0.4 is 0 Å². The molecule has 7 nitrogen and oxygen atoms in total. The Hall–Kier alpha value is -1.89. The lowest BCUT2D eigenvalue weighted by atomic mass is 9.96. The zero-order valence-electron chi connectivity index (χ0n) is 28.4. The number of carboxylic acids is 3. The van der Waals surface area contributed by atoms with Crippen LogP contribution in [-0.2, 0) is 14.4 Å². The summed E-state index contributed by atoms with van der Waals surface area (Å²) in [7, 11) is 0. The summed E-state index contributed by atoms with van der Waals surface area (Å²) in [5.41, 5.74) is 0. The van der Waals surface area contributed by atoms with E-state index in [0.29, 0.717) is 32.2 Å². The average molecular weight is 611 g/mol. The second kappa shape index (κ2) is 26.5. The highest BCUT2D eigenvalue weighted by Crippen LogP contribution is 2.25. The highest BCUT2D eigenvalue weighted by molar-refractivity contribution is 5.71. The fourth-order valence-electron chi connectivity index (χ4n) is 6.26. The summed E-state index contributed by atoms with van der Waals surface area (Å²) >= 11 is 0. The topological polar surface area (TPSA) is 112 Å². The van der Waals surface area contributed by atoms with E-state index in [1.165, 1.54) is 89.9 Å². The molecular formula is C36H68NO6+. The first-order valence-corrected chi connectivity index (χ1v) is 17.8. The maximum Gasteiger partial charge on any atom is 0.312 e. The van der Waals surface area contributed by atoms with Gasteiger partial charge in [-0.3, -0.25) is 14.4 Å². The van der Waals surface area contributed by atoms with Crippen LogP contribution in [0.3, 0.4) is 0 Å². The number of allylic oxidation sites excluding steroid dienone is 1. The highest BCUT2D eigenvalue weighted by atomic mass is 16.4. The van der Waals surface area contributed by atoms with Crippen LogP contribution in [0.1, 0.15) is 156 Å². The van der Waals surface area contributed by atoms with Gasteiger partial charge in [0.15, 0.2) is 0 Å². The van der Waals surface area contributed by atoms with Crippen molar-refractivity contribution < 1.29 is 34.2 Å². The molecule has 3 N–H and O–H groups in total. The second-order valence-corrected chi connectivity index (χ2v) is 12.9. The molecule has 0 heterocycles. The van der Waals surface area contributed by atoms with E-state index < -0.39 is 35.7 Å². The zero-order valence-corrected chi connectivity index (χ0v) is 28.4. The molecule has 3 unspecified atom stereocenters. The normalized spacial score (nSPS) is 15.3. The molecule has 0 spiro atoms. The number of nitrogens with zero attached hydrogens (tertiary/aromatic N) is 1. The molecule has 7 heteroatoms. The van der Waals surface area contributed by atoms with Crippen molar-refractivity contribution in [2.75, 3.05) is 26.2 Å². The lowest BCUT2D eigenvalue weighted by Crippen LogP contribution is -2.58. The molecule has 0 aromatic carbocycles. The number of aliphatic carboxylic acids is 3. The second-order valence-electron chi connectivity index (χ2n) is 12.9. The van der Waals surface area contributed by atoms with Gasteiger partial charge in [0.2, 0.25) is 0 Å². The number of hydrogen-bond donors (Lipinski definition) is 3. The predicted molar refractivity (Wildman–Crippen MR) is 177 cm³/mol. The van der Waals surface area contributed by atoms with Crippen LogP contribution >= 0.6 is 0 Å². The van der Waals surface area contributed by atoms with Crippen molar-refractivity contribution in [3.05, 3.63) is 12.2 Å². The molecule has 0 aliphatic rings. The molecule has 0 aliphatic heterocycles. The number of hydrogen-bond acceptors (Lipinski definition) is 3. The Morgan fingerprint density at radius 3 is 1.09 bits per heavy atom. The van der Waals surface area contributed by atoms with Gasteiger partial charge in [-0.25, -0.2) is 0 Å². The van der Waals surface area contributed by atoms with Crippen molar-refractivity contribution in [2.24, 2.45) is 17.8 Å². The van der Waals surface area contributed by atoms with Crippen LogP contribution in [-0.4, -0.2) is 63.9 Å². The Morgan fingerprint density at radius 1 is 0.488 bits per heavy atom. The van der Waals surface area contributed by atoms with E-state index in [1.54, 1.807) is 0 Å². The number of carboxylic acid groups (broad SMARTS) is 3. The highest BCUT2D eigenvalue weighted by Gasteiger charge is 2.40. The van der Waals surface area contributed by atoms with Gasteiger partial charge in [-0.15, -0.1) is 0 Å².